The van der Waals surface area contributed by atoms with Crippen LogP contribution in [0.15, 0.2) is 42.6 Å². The fraction of sp³-hybridized carbons (Fsp3) is 0.348. The number of anilines is 3. The van der Waals surface area contributed by atoms with Crippen LogP contribution in [0.25, 0.3) is 5.57 Å². The zero-order valence-corrected chi connectivity index (χ0v) is 17.1. The van der Waals surface area contributed by atoms with Gasteiger partial charge in [-0.05, 0) is 49.7 Å². The van der Waals surface area contributed by atoms with Crippen molar-refractivity contribution in [1.29, 1.82) is 0 Å². The molecule has 2 aliphatic rings. The summed E-state index contributed by atoms with van der Waals surface area (Å²) in [5.41, 5.74) is 4.32. The van der Waals surface area contributed by atoms with Crippen LogP contribution in [-0.2, 0) is 9.53 Å². The average Bonchev–Trinajstić information content (AvgIpc) is 3.08. The van der Waals surface area contributed by atoms with E-state index in [1.54, 1.807) is 18.3 Å². The summed E-state index contributed by atoms with van der Waals surface area (Å²) in [6.45, 7) is 7.17. The summed E-state index contributed by atoms with van der Waals surface area (Å²) in [6, 6.07) is 10.7. The van der Waals surface area contributed by atoms with Crippen molar-refractivity contribution in [1.82, 2.24) is 4.90 Å². The molecule has 0 bridgehead atoms. The van der Waals surface area contributed by atoms with Crippen LogP contribution in [0.3, 0.4) is 0 Å². The van der Waals surface area contributed by atoms with E-state index in [0.717, 1.165) is 56.1 Å². The largest absolute Gasteiger partial charge is 0.383 e. The molecule has 3 N–H and O–H groups in total. The van der Waals surface area contributed by atoms with Crippen molar-refractivity contribution in [2.45, 2.75) is 13.3 Å². The fourth-order valence-corrected chi connectivity index (χ4v) is 3.82. The van der Waals surface area contributed by atoms with Gasteiger partial charge in [0.2, 0.25) is 0 Å². The van der Waals surface area contributed by atoms with Crippen molar-refractivity contribution in [3.63, 3.8) is 0 Å². The maximum Gasteiger partial charge on any atom is 0.257 e. The van der Waals surface area contributed by atoms with Gasteiger partial charge >= 0.3 is 0 Å². The minimum Gasteiger partial charge on any atom is -0.383 e. The standard InChI is InChI=1S/C23H27FN4O2/c1-16-4-2-5-21-22(16)18(23(29)27-21)15-26-17-6-7-20(19(24)14-17)25-8-3-9-28-10-12-30-13-11-28/h2,4-7,14-15,25-26H,3,8-13H2,1H3,(H,27,29)/b18-15-. The molecule has 30 heavy (non-hydrogen) atoms. The number of aryl methyl sites for hydroxylation is 1. The molecule has 6 nitrogen and oxygen atoms in total. The van der Waals surface area contributed by atoms with Crippen molar-refractivity contribution in [2.75, 3.05) is 55.3 Å². The van der Waals surface area contributed by atoms with Crippen molar-refractivity contribution in [3.05, 3.63) is 59.5 Å². The zero-order valence-electron chi connectivity index (χ0n) is 17.1. The Bertz CT molecular complexity index is 954. The lowest BCUT2D eigenvalue weighted by molar-refractivity contribution is -0.110. The molecule has 158 valence electrons. The molecule has 0 aromatic heterocycles. The van der Waals surface area contributed by atoms with Gasteiger partial charge in [0, 0.05) is 42.8 Å². The summed E-state index contributed by atoms with van der Waals surface area (Å²) < 4.78 is 19.8. The van der Waals surface area contributed by atoms with Gasteiger partial charge in [-0.2, -0.15) is 0 Å². The monoisotopic (exact) mass is 410 g/mol. The number of nitrogens with one attached hydrogen (secondary N) is 3. The lowest BCUT2D eigenvalue weighted by Gasteiger charge is -2.26. The van der Waals surface area contributed by atoms with Crippen molar-refractivity contribution < 1.29 is 13.9 Å². The summed E-state index contributed by atoms with van der Waals surface area (Å²) in [7, 11) is 0. The number of hydrogen-bond donors (Lipinski definition) is 3. The Hall–Kier alpha value is -2.90. The van der Waals surface area contributed by atoms with Gasteiger partial charge in [0.15, 0.2) is 0 Å². The molecule has 2 aromatic rings. The molecule has 2 aliphatic heterocycles. The minimum atomic E-state index is -0.322. The molecule has 2 aromatic carbocycles. The smallest absolute Gasteiger partial charge is 0.257 e. The normalized spacial score (nSPS) is 17.7. The second-order valence-electron chi connectivity index (χ2n) is 7.58. The van der Waals surface area contributed by atoms with Crippen LogP contribution in [0.4, 0.5) is 21.5 Å². The van der Waals surface area contributed by atoms with Crippen LogP contribution >= 0.6 is 0 Å². The molecule has 1 fully saturated rings. The first-order valence-electron chi connectivity index (χ1n) is 10.3. The third-order valence-corrected chi connectivity index (χ3v) is 5.46. The first kappa shape index (κ1) is 20.4. The van der Waals surface area contributed by atoms with Crippen LogP contribution in [0.1, 0.15) is 17.5 Å². The number of carbonyl (C=O) groups excluding carboxylic acids is 1. The highest BCUT2D eigenvalue weighted by Gasteiger charge is 2.25. The molecule has 0 radical (unpaired) electrons. The summed E-state index contributed by atoms with van der Waals surface area (Å²) in [6.07, 6.45) is 2.58. The van der Waals surface area contributed by atoms with E-state index in [4.69, 9.17) is 4.74 Å². The number of rotatable bonds is 7. The summed E-state index contributed by atoms with van der Waals surface area (Å²) in [5, 5.41) is 9.07. The van der Waals surface area contributed by atoms with Gasteiger partial charge in [-0.3, -0.25) is 9.69 Å². The predicted molar refractivity (Wildman–Crippen MR) is 118 cm³/mol. The van der Waals surface area contributed by atoms with Crippen molar-refractivity contribution in [2.24, 2.45) is 0 Å². The number of nitrogens with zero attached hydrogens (tertiary/aromatic N) is 1. The number of halogens is 1. The van der Waals surface area contributed by atoms with Gasteiger partial charge in [0.05, 0.1) is 24.5 Å². The molecule has 0 saturated carbocycles. The SMILES string of the molecule is Cc1cccc2c1/C(=C/Nc1ccc(NCCCN3CCOCC3)c(F)c1)C(=O)N2. The van der Waals surface area contributed by atoms with Crippen molar-refractivity contribution in [3.8, 4) is 0 Å². The molecule has 0 spiro atoms. The lowest BCUT2D eigenvalue weighted by atomic mass is 10.0. The summed E-state index contributed by atoms with van der Waals surface area (Å²) in [4.78, 5) is 14.6. The van der Waals surface area contributed by atoms with Gasteiger partial charge in [-0.15, -0.1) is 0 Å². The number of morpholine rings is 1. The molecule has 1 amide bonds. The Morgan fingerprint density at radius 2 is 2.07 bits per heavy atom. The number of hydrogen-bond acceptors (Lipinski definition) is 5. The Balaban J connectivity index is 1.34. The van der Waals surface area contributed by atoms with Gasteiger partial charge in [-0.25, -0.2) is 4.39 Å². The molecule has 0 unspecified atom stereocenters. The highest BCUT2D eigenvalue weighted by Crippen LogP contribution is 2.34. The minimum absolute atomic E-state index is 0.161. The molecule has 0 aliphatic carbocycles. The lowest BCUT2D eigenvalue weighted by Crippen LogP contribution is -2.37. The molecular formula is C23H27FN4O2. The number of carbonyl (C=O) groups is 1. The number of fused-ring (bicyclic) bond motifs is 1. The van der Waals surface area contributed by atoms with E-state index in [9.17, 15) is 9.18 Å². The van der Waals surface area contributed by atoms with Crippen LogP contribution in [0, 0.1) is 12.7 Å². The van der Waals surface area contributed by atoms with Crippen LogP contribution in [0.5, 0.6) is 0 Å². The van der Waals surface area contributed by atoms with E-state index in [0.29, 0.717) is 23.5 Å². The first-order chi connectivity index (χ1) is 14.6. The zero-order chi connectivity index (χ0) is 20.9. The van der Waals surface area contributed by atoms with Crippen LogP contribution in [-0.4, -0.2) is 50.2 Å². The first-order valence-corrected chi connectivity index (χ1v) is 10.3. The predicted octanol–water partition coefficient (Wildman–Crippen LogP) is 3.67. The fourth-order valence-electron chi connectivity index (χ4n) is 3.82. The van der Waals surface area contributed by atoms with E-state index in [2.05, 4.69) is 20.9 Å². The van der Waals surface area contributed by atoms with E-state index < -0.39 is 0 Å². The highest BCUT2D eigenvalue weighted by molar-refractivity contribution is 6.32. The Kier molecular flexibility index (Phi) is 6.30. The topological polar surface area (TPSA) is 65.6 Å². The second kappa shape index (κ2) is 9.28. The maximum absolute atomic E-state index is 14.5. The van der Waals surface area contributed by atoms with Gasteiger partial charge in [0.25, 0.3) is 5.91 Å². The number of benzene rings is 2. The maximum atomic E-state index is 14.5. The number of ether oxygens (including phenoxy) is 1. The number of amides is 1. The van der Waals surface area contributed by atoms with E-state index in [-0.39, 0.29) is 11.7 Å². The third kappa shape index (κ3) is 4.63. The van der Waals surface area contributed by atoms with E-state index >= 15 is 0 Å². The average molecular weight is 410 g/mol. The Morgan fingerprint density at radius 1 is 1.23 bits per heavy atom. The van der Waals surface area contributed by atoms with Gasteiger partial charge < -0.3 is 20.7 Å². The van der Waals surface area contributed by atoms with Crippen LogP contribution < -0.4 is 16.0 Å². The van der Waals surface area contributed by atoms with Gasteiger partial charge in [0.1, 0.15) is 5.82 Å². The summed E-state index contributed by atoms with van der Waals surface area (Å²) in [5.74, 6) is -0.483. The molecule has 7 heteroatoms. The van der Waals surface area contributed by atoms with Crippen molar-refractivity contribution >= 4 is 28.5 Å². The second-order valence-corrected chi connectivity index (χ2v) is 7.58. The molecule has 2 heterocycles. The molecular weight excluding hydrogens is 383 g/mol. The Labute approximate surface area is 176 Å². The van der Waals surface area contributed by atoms with E-state index in [1.807, 2.05) is 25.1 Å². The molecule has 1 saturated heterocycles. The van der Waals surface area contributed by atoms with Gasteiger partial charge in [-0.1, -0.05) is 12.1 Å². The molecule has 0 atom stereocenters. The third-order valence-electron chi connectivity index (χ3n) is 5.46. The Morgan fingerprint density at radius 3 is 2.87 bits per heavy atom. The van der Waals surface area contributed by atoms with E-state index in [1.165, 1.54) is 6.07 Å². The molecule has 4 rings (SSSR count). The quantitative estimate of drug-likeness (QED) is 0.480. The summed E-state index contributed by atoms with van der Waals surface area (Å²) >= 11 is 0. The highest BCUT2D eigenvalue weighted by atomic mass is 19.1. The van der Waals surface area contributed by atoms with Crippen LogP contribution in [0.2, 0.25) is 0 Å².